The molecule has 0 saturated heterocycles. The Balaban J connectivity index is 1.49. The number of nitrogens with one attached hydrogen (secondary N) is 1. The van der Waals surface area contributed by atoms with E-state index >= 15 is 0 Å². The summed E-state index contributed by atoms with van der Waals surface area (Å²) < 4.78 is 10.8. The van der Waals surface area contributed by atoms with Gasteiger partial charge in [-0.3, -0.25) is 9.89 Å². The Morgan fingerprint density at radius 1 is 1.09 bits per heavy atom. The van der Waals surface area contributed by atoms with Crippen molar-refractivity contribution in [1.82, 2.24) is 15.1 Å². The van der Waals surface area contributed by atoms with Crippen LogP contribution in [-0.4, -0.2) is 41.8 Å². The summed E-state index contributed by atoms with van der Waals surface area (Å²) in [7, 11) is 3.24. The molecule has 8 heteroatoms. The molecule has 1 aliphatic heterocycles. The molecule has 1 atom stereocenters. The summed E-state index contributed by atoms with van der Waals surface area (Å²) in [4.78, 5) is 16.5. The second kappa shape index (κ2) is 8.92. The number of aromatic nitrogens is 2. The van der Waals surface area contributed by atoms with E-state index in [0.717, 1.165) is 27.3 Å². The monoisotopic (exact) mass is 479 g/mol. The van der Waals surface area contributed by atoms with Crippen LogP contribution in [0.1, 0.15) is 32.5 Å². The second-order valence-corrected chi connectivity index (χ2v) is 9.14. The molecule has 0 fully saturated rings. The Morgan fingerprint density at radius 3 is 2.58 bits per heavy atom. The van der Waals surface area contributed by atoms with E-state index in [9.17, 15) is 4.79 Å². The predicted molar refractivity (Wildman–Crippen MR) is 129 cm³/mol. The van der Waals surface area contributed by atoms with Crippen LogP contribution >= 0.6 is 22.9 Å². The van der Waals surface area contributed by atoms with Crippen LogP contribution in [0.3, 0.4) is 0 Å². The van der Waals surface area contributed by atoms with Crippen molar-refractivity contribution in [2.24, 2.45) is 0 Å². The molecule has 5 rings (SSSR count). The minimum atomic E-state index is -0.197. The molecule has 3 heterocycles. The Labute approximate surface area is 200 Å². The molecule has 1 unspecified atom stereocenters. The lowest BCUT2D eigenvalue weighted by atomic mass is 10.0. The molecule has 6 nitrogen and oxygen atoms in total. The van der Waals surface area contributed by atoms with Crippen LogP contribution in [0.2, 0.25) is 5.02 Å². The van der Waals surface area contributed by atoms with Gasteiger partial charge in [0.1, 0.15) is 5.69 Å². The zero-order valence-corrected chi connectivity index (χ0v) is 19.7. The lowest BCUT2D eigenvalue weighted by Gasteiger charge is -2.25. The predicted octanol–water partition coefficient (Wildman–Crippen LogP) is 5.60. The van der Waals surface area contributed by atoms with E-state index in [0.29, 0.717) is 35.2 Å². The van der Waals surface area contributed by atoms with Crippen molar-refractivity contribution in [1.29, 1.82) is 0 Å². The zero-order chi connectivity index (χ0) is 22.9. The van der Waals surface area contributed by atoms with Gasteiger partial charge in [-0.1, -0.05) is 35.9 Å². The first kappa shape index (κ1) is 21.6. The number of amides is 1. The third kappa shape index (κ3) is 3.87. The molecule has 2 aromatic heterocycles. The van der Waals surface area contributed by atoms with E-state index in [4.69, 9.17) is 21.1 Å². The molecule has 1 aliphatic rings. The second-order valence-electron chi connectivity index (χ2n) is 7.72. The number of H-pyrrole nitrogens is 1. The molecule has 168 valence electrons. The van der Waals surface area contributed by atoms with Gasteiger partial charge >= 0.3 is 0 Å². The number of hydrogen-bond acceptors (Lipinski definition) is 5. The first-order valence-corrected chi connectivity index (χ1v) is 11.8. The molecule has 33 heavy (non-hydrogen) atoms. The molecule has 2 aromatic carbocycles. The quantitative estimate of drug-likeness (QED) is 0.375. The van der Waals surface area contributed by atoms with Crippen molar-refractivity contribution >= 4 is 28.8 Å². The Hall–Kier alpha value is -3.29. The number of rotatable bonds is 7. The molecular formula is C25H22ClN3O3S. The highest BCUT2D eigenvalue weighted by Gasteiger charge is 2.42. The minimum absolute atomic E-state index is 0.0448. The number of methoxy groups -OCH3 is 2. The number of fused-ring (bicyclic) bond motifs is 1. The summed E-state index contributed by atoms with van der Waals surface area (Å²) in [5, 5.41) is 10.2. The fourth-order valence-corrected chi connectivity index (χ4v) is 5.25. The number of benzene rings is 2. The number of thiophene rings is 1. The average molecular weight is 480 g/mol. The summed E-state index contributed by atoms with van der Waals surface area (Å²) in [6.07, 6.45) is 0.682. The van der Waals surface area contributed by atoms with E-state index in [2.05, 4.69) is 16.3 Å². The van der Waals surface area contributed by atoms with Crippen LogP contribution in [0.5, 0.6) is 11.5 Å². The molecule has 0 saturated carbocycles. The third-order valence-electron chi connectivity index (χ3n) is 5.88. The van der Waals surface area contributed by atoms with Crippen molar-refractivity contribution in [3.05, 3.63) is 86.7 Å². The van der Waals surface area contributed by atoms with Crippen molar-refractivity contribution in [2.45, 2.75) is 12.5 Å². The summed E-state index contributed by atoms with van der Waals surface area (Å²) in [6.45, 7) is 0.555. The van der Waals surface area contributed by atoms with Gasteiger partial charge in [0.25, 0.3) is 5.91 Å². The van der Waals surface area contributed by atoms with Crippen molar-refractivity contribution in [2.75, 3.05) is 20.8 Å². The highest BCUT2D eigenvalue weighted by Crippen LogP contribution is 2.44. The topological polar surface area (TPSA) is 67.5 Å². The highest BCUT2D eigenvalue weighted by molar-refractivity contribution is 7.10. The van der Waals surface area contributed by atoms with Gasteiger partial charge in [-0.05, 0) is 47.7 Å². The number of halogens is 1. The lowest BCUT2D eigenvalue weighted by molar-refractivity contribution is 0.0748. The summed E-state index contributed by atoms with van der Waals surface area (Å²) in [5.41, 5.74) is 4.23. The molecular weight excluding hydrogens is 458 g/mol. The van der Waals surface area contributed by atoms with Gasteiger partial charge in [-0.25, -0.2) is 0 Å². The number of hydrogen-bond donors (Lipinski definition) is 1. The van der Waals surface area contributed by atoms with E-state index in [1.165, 1.54) is 0 Å². The fraction of sp³-hybridized carbons (Fsp3) is 0.200. The fourth-order valence-electron chi connectivity index (χ4n) is 4.28. The van der Waals surface area contributed by atoms with E-state index in [1.807, 2.05) is 58.8 Å². The van der Waals surface area contributed by atoms with Gasteiger partial charge in [-0.15, -0.1) is 11.3 Å². The normalized spacial score (nSPS) is 15.1. The van der Waals surface area contributed by atoms with Gasteiger partial charge in [0.2, 0.25) is 0 Å². The summed E-state index contributed by atoms with van der Waals surface area (Å²) >= 11 is 7.72. The Morgan fingerprint density at radius 2 is 1.88 bits per heavy atom. The number of carbonyl (C=O) groups is 1. The largest absolute Gasteiger partial charge is 0.493 e. The average Bonchev–Trinajstić information content (AvgIpc) is 3.57. The number of carbonyl (C=O) groups excluding carboxylic acids is 1. The Bertz CT molecular complexity index is 1280. The maximum Gasteiger partial charge on any atom is 0.273 e. The molecule has 1 N–H and O–H groups in total. The molecule has 0 radical (unpaired) electrons. The molecule has 0 bridgehead atoms. The van der Waals surface area contributed by atoms with Crippen LogP contribution < -0.4 is 9.47 Å². The number of ether oxygens (including phenoxy) is 2. The SMILES string of the molecule is COc1ccc(CCN2C(=O)c3[nH]nc(-c4ccc(Cl)cc4)c3C2c2cccs2)cc1OC. The third-order valence-corrected chi connectivity index (χ3v) is 7.06. The maximum absolute atomic E-state index is 13.4. The molecule has 4 aromatic rings. The zero-order valence-electron chi connectivity index (χ0n) is 18.2. The van der Waals surface area contributed by atoms with Crippen molar-refractivity contribution < 1.29 is 14.3 Å². The van der Waals surface area contributed by atoms with Crippen LogP contribution in [0.15, 0.2) is 60.0 Å². The number of aromatic amines is 1. The molecule has 0 aliphatic carbocycles. The standard InChI is InChI=1S/C25H22ClN3O3S/c1-31-18-10-5-15(14-19(18)32-2)11-12-29-24(20-4-3-13-33-20)21-22(27-28-23(21)25(29)30)16-6-8-17(26)9-7-16/h3-10,13-14,24H,11-12H2,1-2H3,(H,27,28). The first-order valence-electron chi connectivity index (χ1n) is 10.5. The van der Waals surface area contributed by atoms with Crippen LogP contribution in [-0.2, 0) is 6.42 Å². The summed E-state index contributed by atoms with van der Waals surface area (Å²) in [6, 6.07) is 17.3. The smallest absolute Gasteiger partial charge is 0.273 e. The van der Waals surface area contributed by atoms with Crippen molar-refractivity contribution in [3.63, 3.8) is 0 Å². The van der Waals surface area contributed by atoms with Crippen LogP contribution in [0.25, 0.3) is 11.3 Å². The minimum Gasteiger partial charge on any atom is -0.493 e. The highest BCUT2D eigenvalue weighted by atomic mass is 35.5. The van der Waals surface area contributed by atoms with E-state index < -0.39 is 0 Å². The first-order chi connectivity index (χ1) is 16.1. The van der Waals surface area contributed by atoms with E-state index in [-0.39, 0.29) is 11.9 Å². The van der Waals surface area contributed by atoms with Crippen LogP contribution in [0.4, 0.5) is 0 Å². The van der Waals surface area contributed by atoms with Gasteiger partial charge < -0.3 is 14.4 Å². The van der Waals surface area contributed by atoms with Gasteiger partial charge in [0.15, 0.2) is 11.5 Å². The van der Waals surface area contributed by atoms with Gasteiger partial charge in [-0.2, -0.15) is 5.10 Å². The van der Waals surface area contributed by atoms with Crippen LogP contribution in [0, 0.1) is 0 Å². The number of nitrogens with zero attached hydrogens (tertiary/aromatic N) is 2. The maximum atomic E-state index is 13.4. The Kier molecular flexibility index (Phi) is 5.83. The van der Waals surface area contributed by atoms with Gasteiger partial charge in [0, 0.05) is 27.6 Å². The lowest BCUT2D eigenvalue weighted by Crippen LogP contribution is -2.31. The molecule has 0 spiro atoms. The van der Waals surface area contributed by atoms with Gasteiger partial charge in [0.05, 0.1) is 26.0 Å². The van der Waals surface area contributed by atoms with E-state index in [1.54, 1.807) is 25.6 Å². The summed E-state index contributed by atoms with van der Waals surface area (Å²) in [5.74, 6) is 1.32. The molecule has 1 amide bonds. The van der Waals surface area contributed by atoms with Crippen molar-refractivity contribution in [3.8, 4) is 22.8 Å².